The number of methoxy groups -OCH3 is 1. The molecule has 4 rings (SSSR count). The van der Waals surface area contributed by atoms with Gasteiger partial charge in [0.15, 0.2) is 0 Å². The number of rotatable bonds is 7. The van der Waals surface area contributed by atoms with E-state index in [1.807, 2.05) is 0 Å². The summed E-state index contributed by atoms with van der Waals surface area (Å²) in [5, 5.41) is 13.7. The lowest BCUT2D eigenvalue weighted by atomic mass is 10.1. The first kappa shape index (κ1) is 25.3. The summed E-state index contributed by atoms with van der Waals surface area (Å²) < 4.78 is 16.0. The predicted octanol–water partition coefficient (Wildman–Crippen LogP) is 4.05. The van der Waals surface area contributed by atoms with E-state index < -0.39 is 28.8 Å². The number of amides is 3. The van der Waals surface area contributed by atoms with E-state index in [-0.39, 0.29) is 46.3 Å². The van der Waals surface area contributed by atoms with Crippen LogP contribution in [0.25, 0.3) is 6.08 Å². The molecule has 0 spiro atoms. The van der Waals surface area contributed by atoms with Crippen molar-refractivity contribution in [1.29, 1.82) is 0 Å². The number of benzene rings is 2. The van der Waals surface area contributed by atoms with Gasteiger partial charge < -0.3 is 19.2 Å². The summed E-state index contributed by atoms with van der Waals surface area (Å²) in [6.45, 7) is -0.292. The fourth-order valence-corrected chi connectivity index (χ4v) is 3.56. The summed E-state index contributed by atoms with van der Waals surface area (Å²) in [6.07, 6.45) is 1.17. The molecule has 3 aromatic rings. The van der Waals surface area contributed by atoms with Gasteiger partial charge in [-0.3, -0.25) is 19.8 Å². The first-order valence-corrected chi connectivity index (χ1v) is 11.2. The molecule has 0 radical (unpaired) electrons. The van der Waals surface area contributed by atoms with Gasteiger partial charge in [0.2, 0.25) is 5.76 Å². The third-order valence-electron chi connectivity index (χ3n) is 5.11. The molecule has 1 aliphatic rings. The minimum atomic E-state index is -0.786. The van der Waals surface area contributed by atoms with Crippen molar-refractivity contribution in [2.45, 2.75) is 6.54 Å². The summed E-state index contributed by atoms with van der Waals surface area (Å²) in [6, 6.07) is 11.8. The quantitative estimate of drug-likeness (QED) is 0.110. The second kappa shape index (κ2) is 10.5. The molecule has 1 N–H and O–H groups in total. The van der Waals surface area contributed by atoms with Gasteiger partial charge in [-0.25, -0.2) is 14.4 Å². The molecule has 0 atom stereocenters. The first-order chi connectivity index (χ1) is 17.7. The maximum atomic E-state index is 12.9. The van der Waals surface area contributed by atoms with Gasteiger partial charge >= 0.3 is 18.0 Å². The number of ether oxygens (including phenoxy) is 2. The lowest BCUT2D eigenvalue weighted by Crippen LogP contribution is -2.30. The molecule has 188 valence electrons. The molecule has 1 aliphatic heterocycles. The number of nitrogens with one attached hydrogen (secondary N) is 1. The van der Waals surface area contributed by atoms with E-state index >= 15 is 0 Å². The number of nitrogens with zero attached hydrogens (tertiary/aromatic N) is 2. The highest BCUT2D eigenvalue weighted by molar-refractivity contribution is 9.10. The van der Waals surface area contributed by atoms with Crippen LogP contribution in [-0.4, -0.2) is 40.8 Å². The van der Waals surface area contributed by atoms with Gasteiger partial charge in [-0.05, 0) is 48.5 Å². The smallest absolute Gasteiger partial charge is 0.373 e. The molecule has 1 saturated heterocycles. The van der Waals surface area contributed by atoms with Crippen molar-refractivity contribution < 1.29 is 38.0 Å². The minimum Gasteiger partial charge on any atom is -0.463 e. The summed E-state index contributed by atoms with van der Waals surface area (Å²) >= 11 is 3.27. The molecule has 2 aromatic carbocycles. The predicted molar refractivity (Wildman–Crippen MR) is 129 cm³/mol. The van der Waals surface area contributed by atoms with Crippen LogP contribution in [0.4, 0.5) is 10.5 Å². The summed E-state index contributed by atoms with van der Waals surface area (Å²) in [5.41, 5.74) is -0.307. The largest absolute Gasteiger partial charge is 0.463 e. The van der Waals surface area contributed by atoms with Crippen molar-refractivity contribution in [2.75, 3.05) is 7.11 Å². The van der Waals surface area contributed by atoms with E-state index in [2.05, 4.69) is 26.0 Å². The maximum absolute atomic E-state index is 12.9. The van der Waals surface area contributed by atoms with E-state index in [1.54, 1.807) is 12.1 Å². The average Bonchev–Trinajstić information content (AvgIpc) is 3.45. The number of urea groups is 1. The number of imide groups is 1. The Morgan fingerprint density at radius 3 is 2.51 bits per heavy atom. The normalized spacial score (nSPS) is 14.0. The van der Waals surface area contributed by atoms with Crippen molar-refractivity contribution in [3.8, 4) is 5.75 Å². The van der Waals surface area contributed by atoms with Gasteiger partial charge in [-0.2, -0.15) is 0 Å². The highest BCUT2D eigenvalue weighted by atomic mass is 79.9. The van der Waals surface area contributed by atoms with Crippen molar-refractivity contribution >= 4 is 51.6 Å². The lowest BCUT2D eigenvalue weighted by molar-refractivity contribution is -0.384. The number of esters is 2. The molecule has 3 amide bonds. The molecule has 37 heavy (non-hydrogen) atoms. The van der Waals surface area contributed by atoms with E-state index in [9.17, 15) is 29.3 Å². The number of halogens is 1. The second-order valence-electron chi connectivity index (χ2n) is 7.51. The van der Waals surface area contributed by atoms with Crippen LogP contribution in [0.3, 0.4) is 0 Å². The topological polar surface area (TPSA) is 158 Å². The Morgan fingerprint density at radius 1 is 1.11 bits per heavy atom. The number of hydrogen-bond acceptors (Lipinski definition) is 9. The van der Waals surface area contributed by atoms with E-state index in [1.165, 1.54) is 43.5 Å². The molecule has 2 heterocycles. The Bertz CT molecular complexity index is 1460. The molecule has 0 bridgehead atoms. The van der Waals surface area contributed by atoms with Gasteiger partial charge in [0, 0.05) is 22.2 Å². The Hall–Kier alpha value is -4.78. The van der Waals surface area contributed by atoms with Crippen LogP contribution in [-0.2, 0) is 16.1 Å². The van der Waals surface area contributed by atoms with Crippen molar-refractivity contribution in [3.63, 3.8) is 0 Å². The van der Waals surface area contributed by atoms with E-state index in [0.29, 0.717) is 0 Å². The summed E-state index contributed by atoms with van der Waals surface area (Å²) in [5.74, 6) is -2.25. The average molecular weight is 570 g/mol. The molecular weight excluding hydrogens is 554 g/mol. The van der Waals surface area contributed by atoms with Crippen LogP contribution < -0.4 is 10.1 Å². The van der Waals surface area contributed by atoms with Gasteiger partial charge in [-0.15, -0.1) is 0 Å². The lowest BCUT2D eigenvalue weighted by Gasteiger charge is -2.10. The molecule has 1 fully saturated rings. The Labute approximate surface area is 216 Å². The zero-order valence-corrected chi connectivity index (χ0v) is 20.5. The number of furan rings is 1. The number of non-ortho nitro benzene ring substituents is 1. The Balaban J connectivity index is 1.61. The minimum absolute atomic E-state index is 0.0103. The highest BCUT2D eigenvalue weighted by Crippen LogP contribution is 2.29. The Morgan fingerprint density at radius 2 is 1.84 bits per heavy atom. The summed E-state index contributed by atoms with van der Waals surface area (Å²) in [7, 11) is 1.18. The van der Waals surface area contributed by atoms with Crippen LogP contribution in [0.5, 0.6) is 5.75 Å². The monoisotopic (exact) mass is 569 g/mol. The number of carbonyl (C=O) groups excluding carboxylic acids is 4. The highest BCUT2D eigenvalue weighted by Gasteiger charge is 2.35. The molecule has 0 unspecified atom stereocenters. The summed E-state index contributed by atoms with van der Waals surface area (Å²) in [4.78, 5) is 61.0. The van der Waals surface area contributed by atoms with Gasteiger partial charge in [0.25, 0.3) is 11.6 Å². The maximum Gasteiger partial charge on any atom is 0.373 e. The zero-order chi connectivity index (χ0) is 26.7. The second-order valence-corrected chi connectivity index (χ2v) is 8.43. The molecule has 12 nitrogen and oxygen atoms in total. The third-order valence-corrected chi connectivity index (χ3v) is 5.64. The van der Waals surface area contributed by atoms with Gasteiger partial charge in [-0.1, -0.05) is 15.9 Å². The van der Waals surface area contributed by atoms with Gasteiger partial charge in [0.05, 0.1) is 24.1 Å². The number of carbonyl (C=O) groups is 4. The third kappa shape index (κ3) is 5.56. The van der Waals surface area contributed by atoms with Crippen LogP contribution in [0.15, 0.2) is 69.2 Å². The van der Waals surface area contributed by atoms with Crippen molar-refractivity contribution in [3.05, 3.63) is 97.5 Å². The van der Waals surface area contributed by atoms with E-state index in [4.69, 9.17) is 9.15 Å². The number of nitro groups is 1. The Kier molecular flexibility index (Phi) is 7.15. The molecule has 1 aromatic heterocycles. The van der Waals surface area contributed by atoms with Crippen LogP contribution in [0.2, 0.25) is 0 Å². The van der Waals surface area contributed by atoms with Crippen LogP contribution >= 0.6 is 15.9 Å². The van der Waals surface area contributed by atoms with E-state index in [0.717, 1.165) is 21.5 Å². The molecule has 0 aliphatic carbocycles. The van der Waals surface area contributed by atoms with Crippen LogP contribution in [0.1, 0.15) is 32.2 Å². The van der Waals surface area contributed by atoms with Crippen molar-refractivity contribution in [1.82, 2.24) is 10.2 Å². The molecule has 13 heteroatoms. The fourth-order valence-electron chi connectivity index (χ4n) is 3.30. The number of nitro benzene ring substituents is 1. The first-order valence-electron chi connectivity index (χ1n) is 10.4. The standard InChI is InChI=1S/C24H16BrN3O9/c1-35-23(31)20-9-7-17(36-20)12-27-21(29)18(26-24(27)32)11-14-10-16(28(33)34)6-8-19(14)37-22(30)13-2-4-15(25)5-3-13/h2-11H,12H2,1H3,(H,26,32)/b18-11-. The molecular formula is C24H16BrN3O9. The van der Waals surface area contributed by atoms with Gasteiger partial charge in [0.1, 0.15) is 17.2 Å². The zero-order valence-electron chi connectivity index (χ0n) is 18.9. The fraction of sp³-hybridized carbons (Fsp3) is 0.0833. The SMILES string of the molecule is COC(=O)c1ccc(CN2C(=O)N/C(=C\c3cc([N+](=O)[O-])ccc3OC(=O)c3ccc(Br)cc3)C2=O)o1. The van der Waals surface area contributed by atoms with Crippen molar-refractivity contribution in [2.24, 2.45) is 0 Å². The molecule has 0 saturated carbocycles. The van der Waals surface area contributed by atoms with Crippen LogP contribution in [0, 0.1) is 10.1 Å². The number of hydrogen-bond donors (Lipinski definition) is 1.